The molecule has 2 N–H and O–H groups in total. The van der Waals surface area contributed by atoms with E-state index in [2.05, 4.69) is 10.6 Å². The summed E-state index contributed by atoms with van der Waals surface area (Å²) < 4.78 is 11.3. The van der Waals surface area contributed by atoms with Crippen molar-refractivity contribution in [3.63, 3.8) is 0 Å². The molecule has 33 heavy (non-hydrogen) atoms. The van der Waals surface area contributed by atoms with E-state index in [1.807, 2.05) is 0 Å². The molecule has 9 heteroatoms. The van der Waals surface area contributed by atoms with Gasteiger partial charge in [0.25, 0.3) is 5.91 Å². The third-order valence-corrected chi connectivity index (χ3v) is 5.72. The Morgan fingerprint density at radius 3 is 2.45 bits per heavy atom. The zero-order valence-electron chi connectivity index (χ0n) is 18.5. The van der Waals surface area contributed by atoms with Gasteiger partial charge >= 0.3 is 6.03 Å². The molecular formula is C24H25N3O6. The number of imide groups is 1. The Balaban J connectivity index is 1.48. The summed E-state index contributed by atoms with van der Waals surface area (Å²) in [6, 6.07) is 11.2. The van der Waals surface area contributed by atoms with Gasteiger partial charge in [0.1, 0.15) is 5.54 Å². The summed E-state index contributed by atoms with van der Waals surface area (Å²) >= 11 is 0. The molecular weight excluding hydrogens is 426 g/mol. The van der Waals surface area contributed by atoms with Crippen LogP contribution in [0.4, 0.5) is 4.79 Å². The van der Waals surface area contributed by atoms with Crippen molar-refractivity contribution in [3.8, 4) is 11.5 Å². The Labute approximate surface area is 191 Å². The summed E-state index contributed by atoms with van der Waals surface area (Å²) in [5.74, 6) is 0.0724. The minimum Gasteiger partial charge on any atom is -0.490 e. The molecule has 2 aromatic carbocycles. The summed E-state index contributed by atoms with van der Waals surface area (Å²) in [5.41, 5.74) is 0.414. The number of hydrogen-bond donors (Lipinski definition) is 2. The van der Waals surface area contributed by atoms with E-state index in [1.165, 1.54) is 6.92 Å². The van der Waals surface area contributed by atoms with Crippen LogP contribution in [0.15, 0.2) is 42.5 Å². The fourth-order valence-electron chi connectivity index (χ4n) is 3.78. The summed E-state index contributed by atoms with van der Waals surface area (Å²) in [4.78, 5) is 50.6. The Morgan fingerprint density at radius 1 is 1.06 bits per heavy atom. The maximum absolute atomic E-state index is 13.2. The molecule has 4 amide bonds. The molecule has 1 fully saturated rings. The van der Waals surface area contributed by atoms with Crippen molar-refractivity contribution < 1.29 is 28.7 Å². The van der Waals surface area contributed by atoms with Crippen LogP contribution in [-0.2, 0) is 21.7 Å². The zero-order chi connectivity index (χ0) is 23.6. The van der Waals surface area contributed by atoms with Crippen molar-refractivity contribution in [1.29, 1.82) is 0 Å². The van der Waals surface area contributed by atoms with Crippen molar-refractivity contribution in [2.24, 2.45) is 0 Å². The predicted octanol–water partition coefficient (Wildman–Crippen LogP) is 2.13. The van der Waals surface area contributed by atoms with E-state index in [0.717, 1.165) is 16.9 Å². The van der Waals surface area contributed by atoms with Gasteiger partial charge in [-0.1, -0.05) is 30.3 Å². The van der Waals surface area contributed by atoms with Crippen LogP contribution < -0.4 is 20.1 Å². The third-order valence-electron chi connectivity index (χ3n) is 5.72. The monoisotopic (exact) mass is 451 g/mol. The molecule has 0 aliphatic carbocycles. The first-order chi connectivity index (χ1) is 15.8. The Bertz CT molecular complexity index is 1110. The van der Waals surface area contributed by atoms with Gasteiger partial charge in [-0.25, -0.2) is 4.79 Å². The largest absolute Gasteiger partial charge is 0.490 e. The van der Waals surface area contributed by atoms with Gasteiger partial charge in [0, 0.05) is 25.5 Å². The lowest BCUT2D eigenvalue weighted by molar-refractivity contribution is -0.130. The number of Topliss-reactive ketones (excluding diaryl/α,β-unsaturated/α-hetero) is 1. The zero-order valence-corrected chi connectivity index (χ0v) is 18.5. The number of carbonyl (C=O) groups is 4. The average Bonchev–Trinajstić information content (AvgIpc) is 2.95. The smallest absolute Gasteiger partial charge is 0.325 e. The van der Waals surface area contributed by atoms with Gasteiger partial charge in [-0.05, 0) is 30.2 Å². The molecule has 4 rings (SSSR count). The molecule has 2 aliphatic heterocycles. The molecule has 1 atom stereocenters. The van der Waals surface area contributed by atoms with Gasteiger partial charge in [-0.15, -0.1) is 0 Å². The summed E-state index contributed by atoms with van der Waals surface area (Å²) in [7, 11) is 0. The van der Waals surface area contributed by atoms with Gasteiger partial charge in [0.2, 0.25) is 5.91 Å². The summed E-state index contributed by atoms with van der Waals surface area (Å²) in [6.07, 6.45) is 0.751. The number of rotatable bonds is 6. The number of carbonyl (C=O) groups excluding carboxylic acids is 4. The molecule has 0 radical (unpaired) electrons. The molecule has 2 heterocycles. The lowest BCUT2D eigenvalue weighted by atomic mass is 9.91. The highest BCUT2D eigenvalue weighted by atomic mass is 16.5. The van der Waals surface area contributed by atoms with E-state index in [1.54, 1.807) is 49.4 Å². The first-order valence-corrected chi connectivity index (χ1v) is 10.7. The molecule has 1 saturated heterocycles. The first-order valence-electron chi connectivity index (χ1n) is 10.7. The number of nitrogens with zero attached hydrogens (tertiary/aromatic N) is 1. The van der Waals surface area contributed by atoms with Crippen molar-refractivity contribution in [2.45, 2.75) is 32.4 Å². The van der Waals surface area contributed by atoms with Crippen LogP contribution in [0, 0.1) is 0 Å². The normalized spacial score (nSPS) is 19.6. The van der Waals surface area contributed by atoms with Crippen LogP contribution in [0.1, 0.15) is 41.8 Å². The van der Waals surface area contributed by atoms with E-state index in [9.17, 15) is 19.2 Å². The van der Waals surface area contributed by atoms with E-state index in [-0.39, 0.29) is 18.2 Å². The first kappa shape index (κ1) is 22.3. The average molecular weight is 451 g/mol. The van der Waals surface area contributed by atoms with Gasteiger partial charge in [-0.2, -0.15) is 0 Å². The SMILES string of the molecule is CC(=O)NCc1ccc(C(=O)CN2C(=O)N[C@](C)(c3ccc4c(c3)OCCCO4)C2=O)cc1. The van der Waals surface area contributed by atoms with Crippen molar-refractivity contribution >= 4 is 23.6 Å². The number of urea groups is 1. The number of hydrogen-bond acceptors (Lipinski definition) is 6. The molecule has 172 valence electrons. The number of ether oxygens (including phenoxy) is 2. The number of ketones is 1. The molecule has 9 nitrogen and oxygen atoms in total. The molecule has 2 aliphatic rings. The Hall–Kier alpha value is -3.88. The van der Waals surface area contributed by atoms with Crippen molar-refractivity contribution in [3.05, 3.63) is 59.2 Å². The number of benzene rings is 2. The van der Waals surface area contributed by atoms with Crippen LogP contribution in [0.5, 0.6) is 11.5 Å². The second-order valence-corrected chi connectivity index (χ2v) is 8.19. The highest BCUT2D eigenvalue weighted by Gasteiger charge is 2.49. The lowest BCUT2D eigenvalue weighted by Crippen LogP contribution is -2.41. The Morgan fingerprint density at radius 2 is 1.76 bits per heavy atom. The second-order valence-electron chi connectivity index (χ2n) is 8.19. The second kappa shape index (κ2) is 8.93. The van der Waals surface area contributed by atoms with Crippen molar-refractivity contribution in [1.82, 2.24) is 15.5 Å². The van der Waals surface area contributed by atoms with E-state index in [0.29, 0.717) is 42.4 Å². The topological polar surface area (TPSA) is 114 Å². The lowest BCUT2D eigenvalue weighted by Gasteiger charge is -2.23. The van der Waals surface area contributed by atoms with E-state index < -0.39 is 17.5 Å². The van der Waals surface area contributed by atoms with Crippen LogP contribution in [0.3, 0.4) is 0 Å². The molecule has 2 aromatic rings. The summed E-state index contributed by atoms with van der Waals surface area (Å²) in [6.45, 7) is 4.05. The maximum Gasteiger partial charge on any atom is 0.325 e. The van der Waals surface area contributed by atoms with Crippen LogP contribution in [-0.4, -0.2) is 48.3 Å². The van der Waals surface area contributed by atoms with Gasteiger partial charge in [-0.3, -0.25) is 19.3 Å². The van der Waals surface area contributed by atoms with Crippen LogP contribution in [0.25, 0.3) is 0 Å². The highest BCUT2D eigenvalue weighted by molar-refractivity contribution is 6.11. The van der Waals surface area contributed by atoms with Gasteiger partial charge < -0.3 is 20.1 Å². The minimum atomic E-state index is -1.33. The molecule has 0 spiro atoms. The molecule has 0 saturated carbocycles. The number of amides is 4. The number of fused-ring (bicyclic) bond motifs is 1. The minimum absolute atomic E-state index is 0.148. The maximum atomic E-state index is 13.2. The fraction of sp³-hybridized carbons (Fsp3) is 0.333. The third kappa shape index (κ3) is 4.52. The van der Waals surface area contributed by atoms with Crippen molar-refractivity contribution in [2.75, 3.05) is 19.8 Å². The number of nitrogens with one attached hydrogen (secondary N) is 2. The Kier molecular flexibility index (Phi) is 6.04. The molecule has 0 unspecified atom stereocenters. The quantitative estimate of drug-likeness (QED) is 0.514. The highest BCUT2D eigenvalue weighted by Crippen LogP contribution is 2.36. The van der Waals surface area contributed by atoms with E-state index >= 15 is 0 Å². The standard InChI is InChI=1S/C24H25N3O6/c1-15(28)25-13-16-4-6-17(7-5-16)19(29)14-27-22(30)24(2,26-23(27)31)18-8-9-20-21(12-18)33-11-3-10-32-20/h4-9,12H,3,10-11,13-14H2,1-2H3,(H,25,28)(H,26,31)/t24-/m1/s1. The van der Waals surface area contributed by atoms with Gasteiger partial charge in [0.15, 0.2) is 17.3 Å². The molecule has 0 aromatic heterocycles. The summed E-state index contributed by atoms with van der Waals surface area (Å²) in [5, 5.41) is 5.39. The predicted molar refractivity (Wildman–Crippen MR) is 118 cm³/mol. The van der Waals surface area contributed by atoms with Crippen LogP contribution >= 0.6 is 0 Å². The molecule has 0 bridgehead atoms. The van der Waals surface area contributed by atoms with Gasteiger partial charge in [0.05, 0.1) is 19.8 Å². The fourth-order valence-corrected chi connectivity index (χ4v) is 3.78. The van der Waals surface area contributed by atoms with E-state index in [4.69, 9.17) is 9.47 Å². The van der Waals surface area contributed by atoms with Crippen LogP contribution in [0.2, 0.25) is 0 Å².